The zero-order chi connectivity index (χ0) is 16.1. The molecule has 1 heterocycles. The van der Waals surface area contributed by atoms with Crippen molar-refractivity contribution >= 4 is 11.8 Å². The number of carbonyl (C=O) groups excluding carboxylic acids is 2. The Morgan fingerprint density at radius 3 is 1.35 bits per heavy atom. The van der Waals surface area contributed by atoms with Gasteiger partial charge < -0.3 is 9.80 Å². The maximum Gasteiger partial charge on any atom is 0.227 e. The van der Waals surface area contributed by atoms with Crippen LogP contribution in [0.3, 0.4) is 0 Å². The van der Waals surface area contributed by atoms with Gasteiger partial charge in [0.2, 0.25) is 11.8 Å². The molecule has 0 aromatic carbocycles. The summed E-state index contributed by atoms with van der Waals surface area (Å²) in [6.45, 7) is 2.22. The fourth-order valence-corrected chi connectivity index (χ4v) is 4.53. The summed E-state index contributed by atoms with van der Waals surface area (Å²) in [6.07, 6.45) is 13.6. The predicted molar refractivity (Wildman–Crippen MR) is 90.7 cm³/mol. The van der Waals surface area contributed by atoms with E-state index >= 15 is 0 Å². The average Bonchev–Trinajstić information content (AvgIpc) is 2.88. The maximum atomic E-state index is 12.8. The Labute approximate surface area is 140 Å². The van der Waals surface area contributed by atoms with Gasteiger partial charge in [-0.2, -0.15) is 0 Å². The number of rotatable bonds is 2. The largest absolute Gasteiger partial charge is 0.325 e. The molecule has 3 fully saturated rings. The second kappa shape index (κ2) is 8.16. The first-order valence-electron chi connectivity index (χ1n) is 9.83. The Kier molecular flexibility index (Phi) is 5.96. The van der Waals surface area contributed by atoms with Crippen LogP contribution in [-0.2, 0) is 9.59 Å². The van der Waals surface area contributed by atoms with Crippen LogP contribution in [0.1, 0.15) is 77.0 Å². The lowest BCUT2D eigenvalue weighted by Crippen LogP contribution is -2.47. The van der Waals surface area contributed by atoms with Crippen molar-refractivity contribution in [2.75, 3.05) is 19.8 Å². The van der Waals surface area contributed by atoms with Gasteiger partial charge in [0, 0.05) is 24.9 Å². The summed E-state index contributed by atoms with van der Waals surface area (Å²) in [4.78, 5) is 29.7. The molecule has 4 heteroatoms. The van der Waals surface area contributed by atoms with E-state index < -0.39 is 0 Å². The van der Waals surface area contributed by atoms with E-state index in [2.05, 4.69) is 0 Å². The molecular formula is C19H32N2O2. The molecule has 2 aliphatic carbocycles. The van der Waals surface area contributed by atoms with Crippen molar-refractivity contribution < 1.29 is 9.59 Å². The molecule has 4 nitrogen and oxygen atoms in total. The van der Waals surface area contributed by atoms with Crippen LogP contribution < -0.4 is 0 Å². The van der Waals surface area contributed by atoms with E-state index in [0.29, 0.717) is 18.5 Å². The SMILES string of the molecule is O=C(C1CCCCC1)N1CCCCN(C(=O)C2CCCCC2)C1. The smallest absolute Gasteiger partial charge is 0.227 e. The van der Waals surface area contributed by atoms with Gasteiger partial charge in [0.1, 0.15) is 0 Å². The molecule has 0 radical (unpaired) electrons. The molecule has 1 aliphatic heterocycles. The van der Waals surface area contributed by atoms with Crippen LogP contribution in [0.4, 0.5) is 0 Å². The van der Waals surface area contributed by atoms with E-state index in [1.54, 1.807) is 0 Å². The number of hydrogen-bond donors (Lipinski definition) is 0. The zero-order valence-corrected chi connectivity index (χ0v) is 14.5. The van der Waals surface area contributed by atoms with E-state index in [1.807, 2.05) is 9.80 Å². The van der Waals surface area contributed by atoms with Crippen LogP contribution in [0.5, 0.6) is 0 Å². The fourth-order valence-electron chi connectivity index (χ4n) is 4.53. The molecule has 0 unspecified atom stereocenters. The molecule has 3 rings (SSSR count). The normalized spacial score (nSPS) is 25.2. The highest BCUT2D eigenvalue weighted by Gasteiger charge is 2.32. The van der Waals surface area contributed by atoms with E-state index in [9.17, 15) is 9.59 Å². The van der Waals surface area contributed by atoms with Gasteiger partial charge in [0.25, 0.3) is 0 Å². The van der Waals surface area contributed by atoms with Gasteiger partial charge >= 0.3 is 0 Å². The lowest BCUT2D eigenvalue weighted by molar-refractivity contribution is -0.144. The summed E-state index contributed by atoms with van der Waals surface area (Å²) in [5, 5.41) is 0. The molecule has 2 amide bonds. The lowest BCUT2D eigenvalue weighted by Gasteiger charge is -2.34. The molecule has 0 spiro atoms. The highest BCUT2D eigenvalue weighted by Crippen LogP contribution is 2.28. The van der Waals surface area contributed by atoms with E-state index in [1.165, 1.54) is 38.5 Å². The van der Waals surface area contributed by atoms with Crippen molar-refractivity contribution in [1.82, 2.24) is 9.80 Å². The third-order valence-electron chi connectivity index (χ3n) is 5.98. The Morgan fingerprint density at radius 2 is 0.957 bits per heavy atom. The molecule has 1 saturated heterocycles. The van der Waals surface area contributed by atoms with Crippen LogP contribution in [0.2, 0.25) is 0 Å². The van der Waals surface area contributed by atoms with Crippen molar-refractivity contribution in [3.63, 3.8) is 0 Å². The number of nitrogens with zero attached hydrogens (tertiary/aromatic N) is 2. The molecule has 0 bridgehead atoms. The lowest BCUT2D eigenvalue weighted by atomic mass is 9.88. The standard InChI is InChI=1S/C19H32N2O2/c22-18(16-9-3-1-4-10-16)20-13-7-8-14-21(15-20)19(23)17-11-5-2-6-12-17/h16-17H,1-15H2. The maximum absolute atomic E-state index is 12.8. The first kappa shape index (κ1) is 16.8. The summed E-state index contributed by atoms with van der Waals surface area (Å²) >= 11 is 0. The predicted octanol–water partition coefficient (Wildman–Crippen LogP) is 3.56. The summed E-state index contributed by atoms with van der Waals surface area (Å²) in [6, 6.07) is 0. The first-order chi connectivity index (χ1) is 11.3. The third kappa shape index (κ3) is 4.27. The van der Waals surface area contributed by atoms with E-state index in [4.69, 9.17) is 0 Å². The van der Waals surface area contributed by atoms with E-state index in [0.717, 1.165) is 51.6 Å². The first-order valence-corrected chi connectivity index (χ1v) is 9.83. The van der Waals surface area contributed by atoms with Crippen molar-refractivity contribution in [2.24, 2.45) is 11.8 Å². The summed E-state index contributed by atoms with van der Waals surface area (Å²) in [7, 11) is 0. The summed E-state index contributed by atoms with van der Waals surface area (Å²) < 4.78 is 0. The molecule has 2 saturated carbocycles. The van der Waals surface area contributed by atoms with Crippen LogP contribution in [-0.4, -0.2) is 41.4 Å². The highest BCUT2D eigenvalue weighted by molar-refractivity contribution is 5.81. The number of amides is 2. The van der Waals surface area contributed by atoms with Crippen LogP contribution >= 0.6 is 0 Å². The molecule has 23 heavy (non-hydrogen) atoms. The quantitative estimate of drug-likeness (QED) is 0.780. The molecule has 0 aromatic rings. The van der Waals surface area contributed by atoms with Gasteiger partial charge in [-0.3, -0.25) is 9.59 Å². The minimum Gasteiger partial charge on any atom is -0.325 e. The molecule has 0 N–H and O–H groups in total. The van der Waals surface area contributed by atoms with Crippen LogP contribution in [0, 0.1) is 11.8 Å². The Balaban J connectivity index is 1.60. The van der Waals surface area contributed by atoms with E-state index in [-0.39, 0.29) is 11.8 Å². The Morgan fingerprint density at radius 1 is 0.565 bits per heavy atom. The van der Waals surface area contributed by atoms with Crippen molar-refractivity contribution in [1.29, 1.82) is 0 Å². The molecular weight excluding hydrogens is 288 g/mol. The summed E-state index contributed by atoms with van der Waals surface area (Å²) in [5.74, 6) is 1.06. The summed E-state index contributed by atoms with van der Waals surface area (Å²) in [5.41, 5.74) is 0. The monoisotopic (exact) mass is 320 g/mol. The Bertz CT molecular complexity index is 374. The van der Waals surface area contributed by atoms with Crippen LogP contribution in [0.25, 0.3) is 0 Å². The molecule has 3 aliphatic rings. The van der Waals surface area contributed by atoms with Gasteiger partial charge in [-0.05, 0) is 38.5 Å². The van der Waals surface area contributed by atoms with Crippen molar-refractivity contribution in [3.8, 4) is 0 Å². The zero-order valence-electron chi connectivity index (χ0n) is 14.5. The second-order valence-corrected chi connectivity index (χ2v) is 7.72. The third-order valence-corrected chi connectivity index (χ3v) is 5.98. The topological polar surface area (TPSA) is 40.6 Å². The van der Waals surface area contributed by atoms with Crippen molar-refractivity contribution in [2.45, 2.75) is 77.0 Å². The van der Waals surface area contributed by atoms with Gasteiger partial charge in [-0.25, -0.2) is 0 Å². The molecule has 0 atom stereocenters. The van der Waals surface area contributed by atoms with Crippen LogP contribution in [0.15, 0.2) is 0 Å². The molecule has 0 aromatic heterocycles. The Hall–Kier alpha value is -1.06. The minimum absolute atomic E-state index is 0.216. The molecule has 130 valence electrons. The fraction of sp³-hybridized carbons (Fsp3) is 0.895. The van der Waals surface area contributed by atoms with Gasteiger partial charge in [-0.15, -0.1) is 0 Å². The highest BCUT2D eigenvalue weighted by atomic mass is 16.2. The average molecular weight is 320 g/mol. The second-order valence-electron chi connectivity index (χ2n) is 7.72. The minimum atomic E-state index is 0.216. The van der Waals surface area contributed by atoms with Gasteiger partial charge in [-0.1, -0.05) is 38.5 Å². The number of carbonyl (C=O) groups is 2. The van der Waals surface area contributed by atoms with Gasteiger partial charge in [0.15, 0.2) is 0 Å². The van der Waals surface area contributed by atoms with Gasteiger partial charge in [0.05, 0.1) is 6.67 Å². The van der Waals surface area contributed by atoms with Crippen molar-refractivity contribution in [3.05, 3.63) is 0 Å². The number of hydrogen-bond acceptors (Lipinski definition) is 2.